The van der Waals surface area contributed by atoms with Crippen molar-refractivity contribution in [2.24, 2.45) is 11.3 Å². The third kappa shape index (κ3) is 4.66. The van der Waals surface area contributed by atoms with E-state index in [1.165, 1.54) is 0 Å². The maximum Gasteiger partial charge on any atom is 0.317 e. The highest BCUT2D eigenvalue weighted by molar-refractivity contribution is 5.75. The van der Waals surface area contributed by atoms with Gasteiger partial charge < -0.3 is 20.1 Å². The molecule has 0 aromatic heterocycles. The molecule has 0 saturated heterocycles. The number of carbonyl (C=O) groups excluding carboxylic acids is 1. The molecule has 0 aliphatic heterocycles. The van der Waals surface area contributed by atoms with E-state index in [4.69, 9.17) is 9.84 Å². The molecule has 0 aromatic rings. The van der Waals surface area contributed by atoms with Crippen molar-refractivity contribution in [3.63, 3.8) is 0 Å². The number of amides is 2. The smallest absolute Gasteiger partial charge is 0.317 e. The van der Waals surface area contributed by atoms with Crippen molar-refractivity contribution < 1.29 is 19.4 Å². The maximum absolute atomic E-state index is 12.6. The van der Waals surface area contributed by atoms with E-state index in [1.807, 2.05) is 11.9 Å². The Labute approximate surface area is 151 Å². The number of nitrogens with one attached hydrogen (secondary N) is 1. The number of ether oxygens (including phenoxy) is 1. The first-order valence-electron chi connectivity index (χ1n) is 9.65. The van der Waals surface area contributed by atoms with E-state index in [0.29, 0.717) is 12.8 Å². The Kier molecular flexibility index (Phi) is 6.72. The van der Waals surface area contributed by atoms with Gasteiger partial charge in [0.15, 0.2) is 0 Å². The molecule has 2 rings (SSSR count). The summed E-state index contributed by atoms with van der Waals surface area (Å²) in [7, 11) is 1.85. The minimum absolute atomic E-state index is 0.0409. The number of carboxylic acid groups (broad SMARTS) is 1. The maximum atomic E-state index is 12.6. The molecule has 6 nitrogen and oxygen atoms in total. The summed E-state index contributed by atoms with van der Waals surface area (Å²) in [6, 6.07) is 0.212. The van der Waals surface area contributed by atoms with Crippen LogP contribution in [0.2, 0.25) is 0 Å². The standard InChI is InChI=1S/C19H34N2O4/c1-5-6-11-25-16-12-15(19(16,2)3)21(4)18(24)20-14-9-7-13(8-10-14)17(22)23/h13-16H,5-12H2,1-4H3,(H,20,24)(H,22,23). The summed E-state index contributed by atoms with van der Waals surface area (Å²) in [5.74, 6) is -0.968. The molecule has 2 saturated carbocycles. The van der Waals surface area contributed by atoms with Crippen molar-refractivity contribution in [1.29, 1.82) is 0 Å². The first kappa shape index (κ1) is 20.0. The van der Waals surface area contributed by atoms with Crippen LogP contribution in [-0.4, -0.2) is 53.8 Å². The molecule has 2 aliphatic rings. The molecule has 2 unspecified atom stereocenters. The number of carbonyl (C=O) groups is 2. The lowest BCUT2D eigenvalue weighted by molar-refractivity contribution is -0.142. The van der Waals surface area contributed by atoms with Crippen molar-refractivity contribution in [2.45, 2.75) is 83.9 Å². The summed E-state index contributed by atoms with van der Waals surface area (Å²) in [4.78, 5) is 25.4. The van der Waals surface area contributed by atoms with Crippen LogP contribution in [0, 0.1) is 11.3 Å². The van der Waals surface area contributed by atoms with Crippen LogP contribution >= 0.6 is 0 Å². The Morgan fingerprint density at radius 1 is 1.24 bits per heavy atom. The van der Waals surface area contributed by atoms with Crippen LogP contribution in [0.3, 0.4) is 0 Å². The lowest BCUT2D eigenvalue weighted by Gasteiger charge is -2.55. The fourth-order valence-corrected chi connectivity index (χ4v) is 4.08. The zero-order valence-electron chi connectivity index (χ0n) is 16.1. The van der Waals surface area contributed by atoms with Gasteiger partial charge in [0.1, 0.15) is 0 Å². The third-order valence-electron chi connectivity index (χ3n) is 6.13. The zero-order chi connectivity index (χ0) is 18.6. The summed E-state index contributed by atoms with van der Waals surface area (Å²) in [6.45, 7) is 7.28. The van der Waals surface area contributed by atoms with Gasteiger partial charge in [0, 0.05) is 31.2 Å². The van der Waals surface area contributed by atoms with Crippen LogP contribution in [0.5, 0.6) is 0 Å². The van der Waals surface area contributed by atoms with E-state index in [9.17, 15) is 9.59 Å². The zero-order valence-corrected chi connectivity index (χ0v) is 16.1. The number of hydrogen-bond donors (Lipinski definition) is 2. The number of rotatable bonds is 7. The molecule has 6 heteroatoms. The molecule has 2 atom stereocenters. The van der Waals surface area contributed by atoms with Crippen LogP contribution in [0.25, 0.3) is 0 Å². The average molecular weight is 354 g/mol. The first-order valence-corrected chi connectivity index (χ1v) is 9.65. The van der Waals surface area contributed by atoms with Gasteiger partial charge in [-0.3, -0.25) is 4.79 Å². The van der Waals surface area contributed by atoms with Gasteiger partial charge in [-0.15, -0.1) is 0 Å². The van der Waals surface area contributed by atoms with E-state index in [1.54, 1.807) is 0 Å². The Balaban J connectivity index is 1.78. The van der Waals surface area contributed by atoms with Crippen LogP contribution in [0.15, 0.2) is 0 Å². The number of unbranched alkanes of at least 4 members (excludes halogenated alkanes) is 1. The summed E-state index contributed by atoms with van der Waals surface area (Å²) in [6.07, 6.45) is 6.08. The number of aliphatic carboxylic acids is 1. The molecule has 144 valence electrons. The fourth-order valence-electron chi connectivity index (χ4n) is 4.08. The van der Waals surface area contributed by atoms with E-state index in [-0.39, 0.29) is 35.6 Å². The summed E-state index contributed by atoms with van der Waals surface area (Å²) in [5.41, 5.74) is -0.0409. The lowest BCUT2D eigenvalue weighted by atomic mass is 9.64. The van der Waals surface area contributed by atoms with E-state index >= 15 is 0 Å². The Morgan fingerprint density at radius 3 is 2.40 bits per heavy atom. The molecule has 0 aromatic carbocycles. The van der Waals surface area contributed by atoms with Gasteiger partial charge in [0.25, 0.3) is 0 Å². The number of carboxylic acids is 1. The van der Waals surface area contributed by atoms with Crippen LogP contribution in [0.1, 0.15) is 65.7 Å². The van der Waals surface area contributed by atoms with Crippen molar-refractivity contribution in [1.82, 2.24) is 10.2 Å². The molecule has 0 radical (unpaired) electrons. The van der Waals surface area contributed by atoms with E-state index in [0.717, 1.165) is 38.7 Å². The predicted octanol–water partition coefficient (Wildman–Crippen LogP) is 3.26. The van der Waals surface area contributed by atoms with Gasteiger partial charge in [0.2, 0.25) is 0 Å². The Morgan fingerprint density at radius 2 is 1.88 bits per heavy atom. The van der Waals surface area contributed by atoms with Gasteiger partial charge in [-0.2, -0.15) is 0 Å². The van der Waals surface area contributed by atoms with E-state index < -0.39 is 5.97 Å². The molecule has 0 spiro atoms. The minimum Gasteiger partial charge on any atom is -0.481 e. The van der Waals surface area contributed by atoms with Crippen LogP contribution < -0.4 is 5.32 Å². The average Bonchev–Trinajstić information content (AvgIpc) is 2.57. The first-order chi connectivity index (χ1) is 11.8. The second-order valence-corrected chi connectivity index (χ2v) is 8.23. The monoisotopic (exact) mass is 354 g/mol. The van der Waals surface area contributed by atoms with Crippen molar-refractivity contribution in [3.05, 3.63) is 0 Å². The van der Waals surface area contributed by atoms with Gasteiger partial charge in [-0.1, -0.05) is 27.2 Å². The SMILES string of the molecule is CCCCOC1CC(N(C)C(=O)NC2CCC(C(=O)O)CC2)C1(C)C. The molecule has 2 N–H and O–H groups in total. The van der Waals surface area contributed by atoms with Gasteiger partial charge >= 0.3 is 12.0 Å². The van der Waals surface area contributed by atoms with Crippen LogP contribution in [0.4, 0.5) is 4.79 Å². The quantitative estimate of drug-likeness (QED) is 0.688. The molecule has 2 fully saturated rings. The molecular weight excluding hydrogens is 320 g/mol. The van der Waals surface area contributed by atoms with Gasteiger partial charge in [-0.05, 0) is 38.5 Å². The van der Waals surface area contributed by atoms with E-state index in [2.05, 4.69) is 26.1 Å². The summed E-state index contributed by atoms with van der Waals surface area (Å²) >= 11 is 0. The molecule has 25 heavy (non-hydrogen) atoms. The molecule has 0 bridgehead atoms. The molecule has 2 aliphatic carbocycles. The number of nitrogens with zero attached hydrogens (tertiary/aromatic N) is 1. The number of hydrogen-bond acceptors (Lipinski definition) is 3. The van der Waals surface area contributed by atoms with Crippen LogP contribution in [-0.2, 0) is 9.53 Å². The molecule has 0 heterocycles. The second-order valence-electron chi connectivity index (χ2n) is 8.23. The highest BCUT2D eigenvalue weighted by atomic mass is 16.5. The fraction of sp³-hybridized carbons (Fsp3) is 0.895. The second kappa shape index (κ2) is 8.39. The van der Waals surface area contributed by atoms with Gasteiger partial charge in [0.05, 0.1) is 12.0 Å². The topological polar surface area (TPSA) is 78.9 Å². The van der Waals surface area contributed by atoms with Crippen molar-refractivity contribution in [2.75, 3.05) is 13.7 Å². The minimum atomic E-state index is -0.716. The molecular formula is C19H34N2O4. The number of urea groups is 1. The summed E-state index contributed by atoms with van der Waals surface area (Å²) in [5, 5.41) is 12.1. The largest absolute Gasteiger partial charge is 0.481 e. The third-order valence-corrected chi connectivity index (χ3v) is 6.13. The highest BCUT2D eigenvalue weighted by Crippen LogP contribution is 2.45. The van der Waals surface area contributed by atoms with Gasteiger partial charge in [-0.25, -0.2) is 4.79 Å². The summed E-state index contributed by atoms with van der Waals surface area (Å²) < 4.78 is 5.96. The lowest BCUT2D eigenvalue weighted by Crippen LogP contribution is -2.64. The molecule has 2 amide bonds. The Hall–Kier alpha value is -1.30. The predicted molar refractivity (Wildman–Crippen MR) is 96.5 cm³/mol. The van der Waals surface area contributed by atoms with Crippen molar-refractivity contribution in [3.8, 4) is 0 Å². The van der Waals surface area contributed by atoms with Crippen molar-refractivity contribution >= 4 is 12.0 Å². The highest BCUT2D eigenvalue weighted by Gasteiger charge is 2.52. The Bertz CT molecular complexity index is 472. The normalized spacial score (nSPS) is 31.0.